The molecule has 0 bridgehead atoms. The molecule has 1 N–H and O–H groups in total. The molecule has 2 aliphatic rings. The average Bonchev–Trinajstić information content (AvgIpc) is 3.30. The van der Waals surface area contributed by atoms with Crippen LogP contribution in [-0.2, 0) is 22.6 Å². The Morgan fingerprint density at radius 1 is 1.40 bits per heavy atom. The number of carbonyl (C=O) groups excluding carboxylic acids is 1. The van der Waals surface area contributed by atoms with E-state index in [1.54, 1.807) is 11.3 Å². The van der Waals surface area contributed by atoms with E-state index in [0.29, 0.717) is 25.5 Å². The van der Waals surface area contributed by atoms with Crippen LogP contribution in [0.5, 0.6) is 0 Å². The highest BCUT2D eigenvalue weighted by Gasteiger charge is 2.51. The fourth-order valence-electron chi connectivity index (χ4n) is 4.02. The lowest BCUT2D eigenvalue weighted by atomic mass is 9.78. The highest BCUT2D eigenvalue weighted by atomic mass is 32.1. The Bertz CT molecular complexity index is 707. The summed E-state index contributed by atoms with van der Waals surface area (Å²) in [5.41, 5.74) is 1.04. The number of carbonyl (C=O) groups is 1. The topological polar surface area (TPSA) is 54.5 Å². The summed E-state index contributed by atoms with van der Waals surface area (Å²) in [5.74, 6) is 0.562. The Kier molecular flexibility index (Phi) is 4.83. The lowest BCUT2D eigenvalue weighted by Gasteiger charge is -2.26. The van der Waals surface area contributed by atoms with Gasteiger partial charge in [0, 0.05) is 48.5 Å². The second-order valence-electron chi connectivity index (χ2n) is 7.10. The minimum absolute atomic E-state index is 0.0473. The maximum absolute atomic E-state index is 12.5. The predicted molar refractivity (Wildman–Crippen MR) is 97.0 cm³/mol. The van der Waals surface area contributed by atoms with Crippen molar-refractivity contribution in [1.82, 2.24) is 15.2 Å². The zero-order valence-electron chi connectivity index (χ0n) is 14.2. The first-order valence-electron chi connectivity index (χ1n) is 8.73. The van der Waals surface area contributed by atoms with Gasteiger partial charge in [-0.25, -0.2) is 0 Å². The number of aromatic nitrogens is 1. The molecule has 2 aromatic heterocycles. The Morgan fingerprint density at radius 2 is 2.36 bits per heavy atom. The van der Waals surface area contributed by atoms with Crippen molar-refractivity contribution in [2.75, 3.05) is 26.3 Å². The van der Waals surface area contributed by atoms with Crippen LogP contribution in [0.4, 0.5) is 0 Å². The van der Waals surface area contributed by atoms with Gasteiger partial charge in [0.05, 0.1) is 25.5 Å². The van der Waals surface area contributed by atoms with Gasteiger partial charge >= 0.3 is 0 Å². The Balaban J connectivity index is 1.36. The summed E-state index contributed by atoms with van der Waals surface area (Å²) >= 11 is 1.67. The monoisotopic (exact) mass is 357 g/mol. The molecule has 25 heavy (non-hydrogen) atoms. The number of hydrogen-bond acceptors (Lipinski definition) is 5. The number of nitrogens with zero attached hydrogens (tertiary/aromatic N) is 2. The largest absolute Gasteiger partial charge is 0.380 e. The van der Waals surface area contributed by atoms with E-state index in [1.807, 2.05) is 29.8 Å². The molecular formula is C19H23N3O2S. The number of fused-ring (bicyclic) bond motifs is 1. The van der Waals surface area contributed by atoms with Gasteiger partial charge in [-0.1, -0.05) is 12.1 Å². The van der Waals surface area contributed by atoms with Gasteiger partial charge in [-0.3, -0.25) is 14.7 Å². The summed E-state index contributed by atoms with van der Waals surface area (Å²) in [5, 5.41) is 5.10. The first-order chi connectivity index (χ1) is 12.2. The third-order valence-corrected chi connectivity index (χ3v) is 6.13. The summed E-state index contributed by atoms with van der Waals surface area (Å²) in [6.45, 7) is 4.79. The second-order valence-corrected chi connectivity index (χ2v) is 8.13. The first kappa shape index (κ1) is 16.7. The summed E-state index contributed by atoms with van der Waals surface area (Å²) in [4.78, 5) is 20.5. The minimum Gasteiger partial charge on any atom is -0.380 e. The smallest absolute Gasteiger partial charge is 0.221 e. The highest BCUT2D eigenvalue weighted by Crippen LogP contribution is 2.44. The Hall–Kier alpha value is -1.76. The van der Waals surface area contributed by atoms with Crippen LogP contribution in [0.2, 0.25) is 0 Å². The molecule has 0 unspecified atom stereocenters. The van der Waals surface area contributed by atoms with Crippen LogP contribution in [-0.4, -0.2) is 42.1 Å². The highest BCUT2D eigenvalue weighted by molar-refractivity contribution is 7.09. The van der Waals surface area contributed by atoms with Gasteiger partial charge in [0.2, 0.25) is 5.91 Å². The van der Waals surface area contributed by atoms with Crippen molar-refractivity contribution < 1.29 is 9.53 Å². The third-order valence-electron chi connectivity index (χ3n) is 5.26. The molecule has 6 heteroatoms. The zero-order valence-corrected chi connectivity index (χ0v) is 15.0. The van der Waals surface area contributed by atoms with Crippen molar-refractivity contribution in [2.45, 2.75) is 19.5 Å². The zero-order chi connectivity index (χ0) is 17.1. The molecule has 0 spiro atoms. The average molecular weight is 357 g/mol. The third kappa shape index (κ3) is 3.76. The molecule has 2 atom stereocenters. The lowest BCUT2D eigenvalue weighted by Crippen LogP contribution is -2.37. The van der Waals surface area contributed by atoms with Gasteiger partial charge in [-0.2, -0.15) is 0 Å². The van der Waals surface area contributed by atoms with Crippen LogP contribution in [0.15, 0.2) is 41.9 Å². The SMILES string of the molecule is O=C(C[C@@]12COC[C@@H]1CN(Cc1ccccn1)C2)NCc1cccs1. The summed E-state index contributed by atoms with van der Waals surface area (Å²) < 4.78 is 5.74. The Morgan fingerprint density at radius 3 is 3.16 bits per heavy atom. The molecule has 0 aromatic carbocycles. The number of amides is 1. The van der Waals surface area contributed by atoms with Gasteiger partial charge in [0.25, 0.3) is 0 Å². The van der Waals surface area contributed by atoms with Crippen LogP contribution < -0.4 is 5.32 Å². The van der Waals surface area contributed by atoms with E-state index < -0.39 is 0 Å². The van der Waals surface area contributed by atoms with Crippen LogP contribution in [0.3, 0.4) is 0 Å². The molecule has 4 heterocycles. The van der Waals surface area contributed by atoms with Crippen molar-refractivity contribution in [1.29, 1.82) is 0 Å². The molecule has 2 aliphatic heterocycles. The molecule has 5 nitrogen and oxygen atoms in total. The number of ether oxygens (including phenoxy) is 1. The quantitative estimate of drug-likeness (QED) is 0.862. The van der Waals surface area contributed by atoms with E-state index in [0.717, 1.165) is 31.9 Å². The van der Waals surface area contributed by atoms with Gasteiger partial charge in [0.1, 0.15) is 0 Å². The number of likely N-dealkylation sites (tertiary alicyclic amines) is 1. The number of thiophene rings is 1. The van der Waals surface area contributed by atoms with Gasteiger partial charge in [0.15, 0.2) is 0 Å². The molecule has 132 valence electrons. The maximum Gasteiger partial charge on any atom is 0.221 e. The number of hydrogen-bond donors (Lipinski definition) is 1. The predicted octanol–water partition coefficient (Wildman–Crippen LogP) is 2.30. The number of rotatable bonds is 6. The van der Waals surface area contributed by atoms with Gasteiger partial charge < -0.3 is 10.1 Å². The summed E-state index contributed by atoms with van der Waals surface area (Å²) in [6.07, 6.45) is 2.38. The van der Waals surface area contributed by atoms with Crippen molar-refractivity contribution in [3.05, 3.63) is 52.5 Å². The van der Waals surface area contributed by atoms with Crippen molar-refractivity contribution in [3.8, 4) is 0 Å². The molecule has 2 fully saturated rings. The van der Waals surface area contributed by atoms with E-state index >= 15 is 0 Å². The number of pyridine rings is 1. The van der Waals surface area contributed by atoms with E-state index in [-0.39, 0.29) is 11.3 Å². The first-order valence-corrected chi connectivity index (χ1v) is 9.61. The molecule has 0 saturated carbocycles. The van der Waals surface area contributed by atoms with Crippen LogP contribution in [0.1, 0.15) is 17.0 Å². The van der Waals surface area contributed by atoms with Gasteiger partial charge in [-0.15, -0.1) is 11.3 Å². The lowest BCUT2D eigenvalue weighted by molar-refractivity contribution is -0.123. The minimum atomic E-state index is -0.0473. The van der Waals surface area contributed by atoms with Crippen molar-refractivity contribution in [3.63, 3.8) is 0 Å². The Labute approximate surface area is 152 Å². The molecule has 2 aromatic rings. The van der Waals surface area contributed by atoms with Crippen LogP contribution in [0.25, 0.3) is 0 Å². The van der Waals surface area contributed by atoms with E-state index in [2.05, 4.69) is 27.3 Å². The molecule has 4 rings (SSSR count). The molecule has 2 saturated heterocycles. The van der Waals surface area contributed by atoms with Crippen molar-refractivity contribution >= 4 is 17.2 Å². The van der Waals surface area contributed by atoms with Crippen LogP contribution >= 0.6 is 11.3 Å². The standard InChI is InChI=1S/C19H23N3O2S/c23-18(21-9-17-5-3-7-25-17)8-19-13-22(10-15(19)12-24-14-19)11-16-4-1-2-6-20-16/h1-7,15H,8-14H2,(H,21,23)/t15-,19+/m0/s1. The van der Waals surface area contributed by atoms with E-state index in [4.69, 9.17) is 4.74 Å². The molecule has 0 aliphatic carbocycles. The molecule has 0 radical (unpaired) electrons. The summed E-state index contributed by atoms with van der Waals surface area (Å²) in [7, 11) is 0. The van der Waals surface area contributed by atoms with E-state index in [1.165, 1.54) is 4.88 Å². The maximum atomic E-state index is 12.5. The molecular weight excluding hydrogens is 334 g/mol. The van der Waals surface area contributed by atoms with Gasteiger partial charge in [-0.05, 0) is 23.6 Å². The fraction of sp³-hybridized carbons (Fsp3) is 0.474. The molecule has 1 amide bonds. The van der Waals surface area contributed by atoms with Crippen LogP contribution in [0, 0.1) is 11.3 Å². The second kappa shape index (κ2) is 7.23. The van der Waals surface area contributed by atoms with Crippen molar-refractivity contribution in [2.24, 2.45) is 11.3 Å². The van der Waals surface area contributed by atoms with E-state index in [9.17, 15) is 4.79 Å². The fourth-order valence-corrected chi connectivity index (χ4v) is 4.66. The number of nitrogens with one attached hydrogen (secondary N) is 1. The summed E-state index contributed by atoms with van der Waals surface area (Å²) in [6, 6.07) is 10.1. The normalized spacial score (nSPS) is 25.8.